The number of hydrogen-bond acceptors (Lipinski definition) is 4. The summed E-state index contributed by atoms with van der Waals surface area (Å²) in [6.07, 6.45) is -0.385. The minimum atomic E-state index is -0.385. The second-order valence-corrected chi connectivity index (χ2v) is 4.95. The van der Waals surface area contributed by atoms with Gasteiger partial charge in [-0.3, -0.25) is 4.79 Å². The molecule has 0 aliphatic carbocycles. The second-order valence-electron chi connectivity index (χ2n) is 1.93. The van der Waals surface area contributed by atoms with Crippen molar-refractivity contribution >= 4 is 39.9 Å². The zero-order valence-corrected chi connectivity index (χ0v) is 8.85. The van der Waals surface area contributed by atoms with Crippen LogP contribution in [0, 0.1) is 0 Å². The Balaban J connectivity index is 3.43. The summed E-state index contributed by atoms with van der Waals surface area (Å²) in [6, 6.07) is 0. The predicted molar refractivity (Wildman–Crippen MR) is 50.7 cm³/mol. The van der Waals surface area contributed by atoms with E-state index in [4.69, 9.17) is 5.11 Å². The summed E-state index contributed by atoms with van der Waals surface area (Å²) in [5, 5.41) is 8.90. The molecule has 0 saturated heterocycles. The van der Waals surface area contributed by atoms with Crippen molar-refractivity contribution in [3.63, 3.8) is 0 Å². The van der Waals surface area contributed by atoms with Crippen LogP contribution in [0.25, 0.3) is 0 Å². The van der Waals surface area contributed by atoms with Crippen LogP contribution in [0.1, 0.15) is 13.8 Å². The molecular weight excluding hydrogens is 265 g/mol. The fourth-order valence-electron chi connectivity index (χ4n) is 0.384. The van der Waals surface area contributed by atoms with Gasteiger partial charge >= 0.3 is 0 Å². The van der Waals surface area contributed by atoms with Crippen LogP contribution in [0.15, 0.2) is 0 Å². The van der Waals surface area contributed by atoms with Crippen LogP contribution in [-0.2, 0) is 4.79 Å². The Hall–Kier alpha value is 0.670. The van der Waals surface area contributed by atoms with Gasteiger partial charge < -0.3 is 5.11 Å². The summed E-state index contributed by atoms with van der Waals surface area (Å²) in [7, 11) is 0. The molecule has 0 aliphatic rings. The summed E-state index contributed by atoms with van der Waals surface area (Å²) in [5.74, 6) is 0. The van der Waals surface area contributed by atoms with Gasteiger partial charge in [-0.1, -0.05) is 0 Å². The highest BCUT2D eigenvalue weighted by Crippen LogP contribution is 2.16. The fraction of sp³-hybridized carbons (Fsp3) is 0.800. The average Bonchev–Trinajstić information content (AvgIpc) is 1.58. The minimum absolute atomic E-state index is 0.0371. The normalized spacial score (nSPS) is 13.7. The molecule has 1 N–H and O–H groups in total. The lowest BCUT2D eigenvalue weighted by Gasteiger charge is -2.11. The van der Waals surface area contributed by atoms with Crippen LogP contribution in [0.2, 0.25) is 0 Å². The maximum Gasteiger partial charge on any atom is 0.201 e. The van der Waals surface area contributed by atoms with Crippen LogP contribution < -0.4 is 0 Å². The highest BCUT2D eigenvalue weighted by atomic mass is 127. The second kappa shape index (κ2) is 5.34. The monoisotopic (exact) mass is 275 g/mol. The molecule has 0 radical (unpaired) electrons. The van der Waals surface area contributed by atoms with Gasteiger partial charge in [-0.15, -0.1) is 0 Å². The van der Waals surface area contributed by atoms with Crippen molar-refractivity contribution in [2.75, 3.05) is 6.54 Å². The quantitative estimate of drug-likeness (QED) is 0.477. The van der Waals surface area contributed by atoms with E-state index < -0.39 is 0 Å². The Bertz CT molecular complexity index is 120. The Morgan fingerprint density at radius 3 is 2.70 bits per heavy atom. The molecule has 0 amide bonds. The maximum absolute atomic E-state index is 10.5. The third-order valence-electron chi connectivity index (χ3n) is 0.635. The van der Waals surface area contributed by atoms with E-state index in [2.05, 4.69) is 0 Å². The summed E-state index contributed by atoms with van der Waals surface area (Å²) in [4.78, 5) is 10.5. The van der Waals surface area contributed by atoms with Crippen molar-refractivity contribution in [1.29, 1.82) is 0 Å². The molecule has 0 aromatic carbocycles. The number of carbonyl (C=O) groups is 1. The molecule has 1 atom stereocenters. The van der Waals surface area contributed by atoms with E-state index in [9.17, 15) is 4.79 Å². The minimum Gasteiger partial charge on any atom is -0.392 e. The van der Waals surface area contributed by atoms with Gasteiger partial charge in [-0.2, -0.15) is 2.52 Å². The van der Waals surface area contributed by atoms with Gasteiger partial charge in [0.2, 0.25) is 5.12 Å². The smallest absolute Gasteiger partial charge is 0.201 e. The third kappa shape index (κ3) is 6.79. The first-order chi connectivity index (χ1) is 4.52. The van der Waals surface area contributed by atoms with Crippen molar-refractivity contribution in [3.05, 3.63) is 0 Å². The predicted octanol–water partition coefficient (Wildman–Crippen LogP) is 1.21. The largest absolute Gasteiger partial charge is 0.392 e. The first-order valence-electron chi connectivity index (χ1n) is 2.82. The summed E-state index contributed by atoms with van der Waals surface area (Å²) >= 11 is 3.09. The first kappa shape index (κ1) is 10.7. The number of aliphatic hydroxyl groups excluding tert-OH is 1. The molecule has 0 spiro atoms. The number of carbonyl (C=O) groups excluding carboxylic acids is 1. The van der Waals surface area contributed by atoms with Gasteiger partial charge in [0.05, 0.1) is 6.10 Å². The van der Waals surface area contributed by atoms with E-state index in [1.165, 1.54) is 6.92 Å². The number of hydrogen-bond donors (Lipinski definition) is 1. The highest BCUT2D eigenvalue weighted by molar-refractivity contribution is 14.1. The Morgan fingerprint density at radius 1 is 1.90 bits per heavy atom. The van der Waals surface area contributed by atoms with Crippen molar-refractivity contribution in [2.24, 2.45) is 0 Å². The van der Waals surface area contributed by atoms with Crippen LogP contribution >= 0.6 is 34.8 Å². The van der Waals surface area contributed by atoms with Crippen LogP contribution in [0.5, 0.6) is 0 Å². The molecule has 0 bridgehead atoms. The molecule has 10 heavy (non-hydrogen) atoms. The number of halogens is 1. The molecule has 0 rings (SSSR count). The Labute approximate surface area is 78.8 Å². The average molecular weight is 275 g/mol. The molecule has 0 heterocycles. The van der Waals surface area contributed by atoms with Crippen LogP contribution in [0.3, 0.4) is 0 Å². The highest BCUT2D eigenvalue weighted by Gasteiger charge is 2.06. The fourth-order valence-corrected chi connectivity index (χ4v) is 2.36. The lowest BCUT2D eigenvalue weighted by molar-refractivity contribution is -0.109. The lowest BCUT2D eigenvalue weighted by atomic mass is 10.4. The van der Waals surface area contributed by atoms with E-state index in [0.717, 1.165) is 11.9 Å². The first-order valence-corrected chi connectivity index (χ1v) is 4.56. The van der Waals surface area contributed by atoms with Gasteiger partial charge in [0, 0.05) is 48.3 Å². The van der Waals surface area contributed by atoms with Crippen molar-refractivity contribution in [2.45, 2.75) is 20.0 Å². The molecule has 3 nitrogen and oxygen atoms in total. The van der Waals surface area contributed by atoms with Gasteiger partial charge in [-0.05, 0) is 6.92 Å². The topological polar surface area (TPSA) is 40.5 Å². The lowest BCUT2D eigenvalue weighted by Crippen LogP contribution is -2.17. The van der Waals surface area contributed by atoms with Gasteiger partial charge in [0.1, 0.15) is 0 Å². The van der Waals surface area contributed by atoms with Crippen molar-refractivity contribution in [1.82, 2.24) is 2.52 Å². The Morgan fingerprint density at radius 2 is 2.40 bits per heavy atom. The van der Waals surface area contributed by atoms with E-state index in [0.29, 0.717) is 6.54 Å². The molecular formula is C5H10INO2S. The van der Waals surface area contributed by atoms with E-state index in [1.54, 1.807) is 9.44 Å². The van der Waals surface area contributed by atoms with Crippen LogP contribution in [-0.4, -0.2) is 25.4 Å². The molecule has 0 aromatic heterocycles. The SMILES string of the molecule is CC(=O)SN(I)CC(C)O. The number of aliphatic hydroxyl groups is 1. The molecule has 5 heteroatoms. The van der Waals surface area contributed by atoms with Gasteiger partial charge in [0.25, 0.3) is 0 Å². The summed E-state index contributed by atoms with van der Waals surface area (Å²) in [5.41, 5.74) is 0. The number of nitrogens with zero attached hydrogens (tertiary/aromatic N) is 1. The zero-order valence-electron chi connectivity index (χ0n) is 5.87. The maximum atomic E-state index is 10.5. The summed E-state index contributed by atoms with van der Waals surface area (Å²) < 4.78 is 1.69. The van der Waals surface area contributed by atoms with Crippen molar-refractivity contribution < 1.29 is 9.90 Å². The van der Waals surface area contributed by atoms with Gasteiger partial charge in [-0.25, -0.2) is 0 Å². The summed E-state index contributed by atoms with van der Waals surface area (Å²) in [6.45, 7) is 3.69. The molecule has 60 valence electrons. The van der Waals surface area contributed by atoms with E-state index in [1.807, 2.05) is 22.9 Å². The standard InChI is InChI=1S/C5H10INO2S/c1-4(8)3-7(6)10-5(2)9/h4,8H,3H2,1-2H3. The molecule has 0 saturated carbocycles. The zero-order chi connectivity index (χ0) is 8.15. The van der Waals surface area contributed by atoms with E-state index >= 15 is 0 Å². The number of rotatable bonds is 3. The molecule has 1 unspecified atom stereocenters. The van der Waals surface area contributed by atoms with Crippen molar-refractivity contribution in [3.8, 4) is 0 Å². The van der Waals surface area contributed by atoms with E-state index in [-0.39, 0.29) is 11.2 Å². The van der Waals surface area contributed by atoms with Gasteiger partial charge in [0.15, 0.2) is 0 Å². The van der Waals surface area contributed by atoms with Crippen LogP contribution in [0.4, 0.5) is 0 Å². The molecule has 0 fully saturated rings. The molecule has 0 aromatic rings. The Kier molecular flexibility index (Phi) is 5.69. The third-order valence-corrected chi connectivity index (χ3v) is 2.22. The molecule has 0 aliphatic heterocycles.